The van der Waals surface area contributed by atoms with E-state index >= 15 is 0 Å². The minimum atomic E-state index is -1.53. The maximum Gasteiger partial charge on any atom is 0.408 e. The van der Waals surface area contributed by atoms with Crippen molar-refractivity contribution in [2.75, 3.05) is 5.75 Å². The second-order valence-corrected chi connectivity index (χ2v) is 6.74. The smallest absolute Gasteiger partial charge is 0.408 e. The molecule has 0 saturated heterocycles. The van der Waals surface area contributed by atoms with Gasteiger partial charge in [0.25, 0.3) is 0 Å². The molecular weight excluding hydrogens is 266 g/mol. The Hall–Kier alpha value is -1.61. The summed E-state index contributed by atoms with van der Waals surface area (Å²) in [5.41, 5.74) is -2.22. The first-order chi connectivity index (χ1) is 8.68. The van der Waals surface area contributed by atoms with Crippen molar-refractivity contribution in [1.29, 1.82) is 0 Å². The van der Waals surface area contributed by atoms with Crippen molar-refractivity contribution in [1.82, 2.24) is 5.32 Å². The maximum atomic E-state index is 11.7. The third kappa shape index (κ3) is 4.21. The molecule has 0 aromatic heterocycles. The maximum absolute atomic E-state index is 11.7. The van der Waals surface area contributed by atoms with E-state index in [-0.39, 0.29) is 5.75 Å². The minimum Gasteiger partial charge on any atom is -0.547 e. The fraction of sp³-hybridized carbons (Fsp3) is 0.538. The van der Waals surface area contributed by atoms with Crippen LogP contribution in [-0.4, -0.2) is 29.0 Å². The van der Waals surface area contributed by atoms with Crippen LogP contribution in [0.15, 0.2) is 11.5 Å². The minimum absolute atomic E-state index is 0.176. The normalized spacial score (nSPS) is 25.4. The predicted molar refractivity (Wildman–Crippen MR) is 71.9 cm³/mol. The van der Waals surface area contributed by atoms with Gasteiger partial charge in [0.05, 0.1) is 5.97 Å². The van der Waals surface area contributed by atoms with Gasteiger partial charge < -0.3 is 20.0 Å². The highest BCUT2D eigenvalue weighted by Crippen LogP contribution is 2.22. The van der Waals surface area contributed by atoms with Gasteiger partial charge in [-0.3, -0.25) is 0 Å². The Labute approximate surface area is 115 Å². The average Bonchev–Trinajstić information content (AvgIpc) is 2.60. The lowest BCUT2D eigenvalue weighted by atomic mass is 10.0. The van der Waals surface area contributed by atoms with E-state index in [0.717, 1.165) is 0 Å². The number of nitrogens with one attached hydrogen (secondary N) is 1. The molecule has 104 valence electrons. The molecule has 0 bridgehead atoms. The van der Waals surface area contributed by atoms with Crippen molar-refractivity contribution in [3.8, 4) is 11.2 Å². The molecule has 0 spiro atoms. The topological polar surface area (TPSA) is 78.5 Å². The summed E-state index contributed by atoms with van der Waals surface area (Å²) in [6, 6.07) is 0. The third-order valence-corrected chi connectivity index (χ3v) is 3.92. The summed E-state index contributed by atoms with van der Waals surface area (Å²) in [5.74, 6) is 1.55. The van der Waals surface area contributed by atoms with Gasteiger partial charge in [0.15, 0.2) is 16.5 Å². The molecular formula is C13H17NO4S. The highest BCUT2D eigenvalue weighted by molar-refractivity contribution is 8.04. The third-order valence-electron chi connectivity index (χ3n) is 2.22. The largest absolute Gasteiger partial charge is 0.547 e. The lowest BCUT2D eigenvalue weighted by Crippen LogP contribution is -2.61. The summed E-state index contributed by atoms with van der Waals surface area (Å²) in [7, 11) is -0.490. The molecule has 1 aliphatic heterocycles. The van der Waals surface area contributed by atoms with Crippen LogP contribution in [0, 0.1) is 11.2 Å². The Bertz CT molecular complexity index is 469. The zero-order valence-corrected chi connectivity index (χ0v) is 12.2. The average molecular weight is 283 g/mol. The Balaban J connectivity index is 2.81. The highest BCUT2D eigenvalue weighted by Gasteiger charge is 2.44. The number of hydrogen-bond acceptors (Lipinski definition) is 4. The quantitative estimate of drug-likeness (QED) is 0.577. The molecule has 2 unspecified atom stereocenters. The summed E-state index contributed by atoms with van der Waals surface area (Å²) < 4.78 is 5.06. The van der Waals surface area contributed by atoms with Gasteiger partial charge in [-0.05, 0) is 26.7 Å². The molecule has 0 saturated carbocycles. The van der Waals surface area contributed by atoms with Crippen LogP contribution in [-0.2, 0) is 20.4 Å². The van der Waals surface area contributed by atoms with Gasteiger partial charge in [-0.25, -0.2) is 4.79 Å². The molecule has 5 nitrogen and oxygen atoms in total. The SMILES string of the molecule is CC#C[S+]1C=CC(NC(=O)OC(C)(C)C)(C(=O)[O-])C1. The van der Waals surface area contributed by atoms with Gasteiger partial charge >= 0.3 is 6.09 Å². The summed E-state index contributed by atoms with van der Waals surface area (Å²) >= 11 is 0. The first-order valence-corrected chi connectivity index (χ1v) is 7.18. The molecule has 0 fully saturated rings. The van der Waals surface area contributed by atoms with Crippen LogP contribution in [0.1, 0.15) is 27.7 Å². The number of alkyl carbamates (subject to hydrolysis) is 1. The van der Waals surface area contributed by atoms with Gasteiger partial charge in [0.1, 0.15) is 21.9 Å². The van der Waals surface area contributed by atoms with Gasteiger partial charge in [0.2, 0.25) is 0 Å². The molecule has 1 aliphatic rings. The fourth-order valence-corrected chi connectivity index (χ4v) is 3.15. The van der Waals surface area contributed by atoms with Gasteiger partial charge in [0, 0.05) is 13.0 Å². The fourth-order valence-electron chi connectivity index (χ4n) is 1.48. The van der Waals surface area contributed by atoms with E-state index in [4.69, 9.17) is 4.74 Å². The number of rotatable bonds is 2. The predicted octanol–water partition coefficient (Wildman–Crippen LogP) is 0.126. The number of carbonyl (C=O) groups excluding carboxylic acids is 2. The lowest BCUT2D eigenvalue weighted by Gasteiger charge is -2.28. The Morgan fingerprint density at radius 2 is 2.11 bits per heavy atom. The van der Waals surface area contributed by atoms with E-state index < -0.39 is 34.1 Å². The van der Waals surface area contributed by atoms with E-state index in [2.05, 4.69) is 16.5 Å². The summed E-state index contributed by atoms with van der Waals surface area (Å²) in [6.07, 6.45) is 0.635. The number of carboxylic acid groups (broad SMARTS) is 1. The molecule has 0 aromatic rings. The van der Waals surface area contributed by atoms with Gasteiger partial charge in [-0.15, -0.1) is 0 Å². The van der Waals surface area contributed by atoms with E-state index in [1.807, 2.05) is 0 Å². The molecule has 19 heavy (non-hydrogen) atoms. The second kappa shape index (κ2) is 5.57. The van der Waals surface area contributed by atoms with Crippen molar-refractivity contribution in [3.05, 3.63) is 11.5 Å². The second-order valence-electron chi connectivity index (χ2n) is 5.11. The van der Waals surface area contributed by atoms with Crippen LogP contribution in [0.5, 0.6) is 0 Å². The number of hydrogen-bond donors (Lipinski definition) is 1. The molecule has 1 N–H and O–H groups in total. The van der Waals surface area contributed by atoms with Crippen molar-refractivity contribution in [3.63, 3.8) is 0 Å². The van der Waals surface area contributed by atoms with Gasteiger partial charge in [-0.2, -0.15) is 0 Å². The van der Waals surface area contributed by atoms with E-state index in [1.165, 1.54) is 6.08 Å². The van der Waals surface area contributed by atoms with Crippen LogP contribution in [0.3, 0.4) is 0 Å². The van der Waals surface area contributed by atoms with Gasteiger partial charge in [-0.1, -0.05) is 0 Å². The molecule has 2 atom stereocenters. The molecule has 6 heteroatoms. The van der Waals surface area contributed by atoms with Crippen molar-refractivity contribution in [2.24, 2.45) is 0 Å². The Morgan fingerprint density at radius 1 is 1.47 bits per heavy atom. The number of carbonyl (C=O) groups is 2. The number of aliphatic carboxylic acids is 1. The molecule has 0 radical (unpaired) electrons. The van der Waals surface area contributed by atoms with Crippen molar-refractivity contribution < 1.29 is 19.4 Å². The summed E-state index contributed by atoms with van der Waals surface area (Å²) in [6.45, 7) is 6.79. The van der Waals surface area contributed by atoms with Crippen molar-refractivity contribution in [2.45, 2.75) is 38.8 Å². The summed E-state index contributed by atoms with van der Waals surface area (Å²) in [4.78, 5) is 23.0. The van der Waals surface area contributed by atoms with E-state index in [9.17, 15) is 14.7 Å². The van der Waals surface area contributed by atoms with Crippen molar-refractivity contribution >= 4 is 23.0 Å². The number of amides is 1. The zero-order valence-electron chi connectivity index (χ0n) is 11.4. The molecule has 1 heterocycles. The highest BCUT2D eigenvalue weighted by atomic mass is 32.2. The van der Waals surface area contributed by atoms with Crippen LogP contribution < -0.4 is 10.4 Å². The molecule has 1 amide bonds. The lowest BCUT2D eigenvalue weighted by molar-refractivity contribution is -0.311. The van der Waals surface area contributed by atoms with Crippen LogP contribution in [0.2, 0.25) is 0 Å². The van der Waals surface area contributed by atoms with Crippen LogP contribution in [0.4, 0.5) is 4.79 Å². The first kappa shape index (κ1) is 15.4. The Kier molecular flexibility index (Phi) is 4.53. The van der Waals surface area contributed by atoms with E-state index in [1.54, 1.807) is 33.1 Å². The monoisotopic (exact) mass is 283 g/mol. The molecule has 0 aromatic carbocycles. The Morgan fingerprint density at radius 3 is 2.58 bits per heavy atom. The van der Waals surface area contributed by atoms with E-state index in [0.29, 0.717) is 0 Å². The number of carboxylic acids is 1. The zero-order chi connectivity index (χ0) is 14.7. The molecule has 0 aliphatic carbocycles. The first-order valence-electron chi connectivity index (χ1n) is 5.72. The molecule has 1 rings (SSSR count). The summed E-state index contributed by atoms with van der Waals surface area (Å²) in [5, 5.41) is 18.2. The van der Waals surface area contributed by atoms with Crippen LogP contribution >= 0.6 is 0 Å². The standard InChI is InChI=1S/C13H17NO4S/c1-5-7-19-8-6-13(9-19,10(15)16)14-11(17)18-12(2,3)4/h6,8H,9H2,1-4H3,(H-,14,15,16,17). The number of ether oxygens (including phenoxy) is 1. The van der Waals surface area contributed by atoms with Crippen LogP contribution in [0.25, 0.3) is 0 Å².